The fourth-order valence-corrected chi connectivity index (χ4v) is 2.13. The maximum absolute atomic E-state index is 10.8. The molecule has 2 rings (SSSR count). The van der Waals surface area contributed by atoms with Crippen LogP contribution in [0.5, 0.6) is 0 Å². The van der Waals surface area contributed by atoms with E-state index in [0.29, 0.717) is 5.56 Å². The van der Waals surface area contributed by atoms with Crippen LogP contribution in [0.15, 0.2) is 35.7 Å². The van der Waals surface area contributed by atoms with Crippen molar-refractivity contribution in [2.24, 2.45) is 0 Å². The summed E-state index contributed by atoms with van der Waals surface area (Å²) in [5, 5.41) is 12.7. The van der Waals surface area contributed by atoms with E-state index in [4.69, 9.17) is 0 Å². The summed E-state index contributed by atoms with van der Waals surface area (Å²) >= 11 is 1.58. The van der Waals surface area contributed by atoms with Crippen LogP contribution in [0.4, 0.5) is 5.69 Å². The van der Waals surface area contributed by atoms with E-state index < -0.39 is 0 Å². The standard InChI is InChI=1S/C11H9NO2S/c1-8-4-5-9(7-10(8)12(13)14)11-3-2-6-15-11/h2-7H,1H3. The molecule has 3 nitrogen and oxygen atoms in total. The van der Waals surface area contributed by atoms with E-state index >= 15 is 0 Å². The van der Waals surface area contributed by atoms with Crippen molar-refractivity contribution in [2.75, 3.05) is 0 Å². The Kier molecular flexibility index (Phi) is 2.51. The first kappa shape index (κ1) is 9.86. The van der Waals surface area contributed by atoms with Gasteiger partial charge in [-0.05, 0) is 23.9 Å². The molecular weight excluding hydrogens is 210 g/mol. The molecule has 0 aliphatic rings. The Morgan fingerprint density at radius 2 is 2.13 bits per heavy atom. The molecule has 0 saturated heterocycles. The van der Waals surface area contributed by atoms with Crippen LogP contribution < -0.4 is 0 Å². The number of nitro benzene ring substituents is 1. The van der Waals surface area contributed by atoms with E-state index in [2.05, 4.69) is 0 Å². The zero-order valence-corrected chi connectivity index (χ0v) is 8.95. The Morgan fingerprint density at radius 1 is 1.33 bits per heavy atom. The topological polar surface area (TPSA) is 43.1 Å². The van der Waals surface area contributed by atoms with E-state index in [-0.39, 0.29) is 10.6 Å². The van der Waals surface area contributed by atoms with Crippen LogP contribution in [-0.2, 0) is 0 Å². The monoisotopic (exact) mass is 219 g/mol. The highest BCUT2D eigenvalue weighted by Crippen LogP contribution is 2.29. The molecule has 1 heterocycles. The minimum atomic E-state index is -0.341. The Morgan fingerprint density at radius 3 is 2.73 bits per heavy atom. The van der Waals surface area contributed by atoms with E-state index in [1.807, 2.05) is 23.6 Å². The molecule has 4 heteroatoms. The van der Waals surface area contributed by atoms with Crippen LogP contribution in [0, 0.1) is 17.0 Å². The fourth-order valence-electron chi connectivity index (χ4n) is 1.40. The van der Waals surface area contributed by atoms with Gasteiger partial charge in [-0.1, -0.05) is 18.2 Å². The third-order valence-corrected chi connectivity index (χ3v) is 3.13. The first-order valence-electron chi connectivity index (χ1n) is 4.47. The van der Waals surface area contributed by atoms with Crippen molar-refractivity contribution in [1.82, 2.24) is 0 Å². The molecule has 1 aromatic carbocycles. The van der Waals surface area contributed by atoms with Crippen molar-refractivity contribution in [3.63, 3.8) is 0 Å². The average Bonchev–Trinajstić information content (AvgIpc) is 2.71. The molecular formula is C11H9NO2S. The molecule has 0 spiro atoms. The van der Waals surface area contributed by atoms with Crippen molar-refractivity contribution >= 4 is 17.0 Å². The predicted molar refractivity (Wildman–Crippen MR) is 61.1 cm³/mol. The minimum Gasteiger partial charge on any atom is -0.258 e. The lowest BCUT2D eigenvalue weighted by Crippen LogP contribution is -1.91. The minimum absolute atomic E-state index is 0.181. The van der Waals surface area contributed by atoms with E-state index in [1.165, 1.54) is 0 Å². The summed E-state index contributed by atoms with van der Waals surface area (Å²) < 4.78 is 0. The van der Waals surface area contributed by atoms with Crippen LogP contribution in [0.1, 0.15) is 5.56 Å². The molecule has 1 aromatic heterocycles. The summed E-state index contributed by atoms with van der Waals surface area (Å²) in [6, 6.07) is 9.22. The van der Waals surface area contributed by atoms with Gasteiger partial charge in [0.25, 0.3) is 5.69 Å². The second-order valence-corrected chi connectivity index (χ2v) is 4.18. The molecule has 0 atom stereocenters. The average molecular weight is 219 g/mol. The van der Waals surface area contributed by atoms with Crippen molar-refractivity contribution in [3.05, 3.63) is 51.4 Å². The molecule has 0 radical (unpaired) electrons. The molecule has 0 unspecified atom stereocenters. The van der Waals surface area contributed by atoms with Crippen LogP contribution >= 0.6 is 11.3 Å². The fraction of sp³-hybridized carbons (Fsp3) is 0.0909. The van der Waals surface area contributed by atoms with Crippen LogP contribution in [0.3, 0.4) is 0 Å². The first-order chi connectivity index (χ1) is 7.18. The van der Waals surface area contributed by atoms with Crippen molar-refractivity contribution in [2.45, 2.75) is 6.92 Å². The largest absolute Gasteiger partial charge is 0.272 e. The Hall–Kier alpha value is -1.68. The molecule has 0 aliphatic heterocycles. The number of thiophene rings is 1. The molecule has 0 aliphatic carbocycles. The lowest BCUT2D eigenvalue weighted by molar-refractivity contribution is -0.385. The number of hydrogen-bond acceptors (Lipinski definition) is 3. The number of benzene rings is 1. The highest BCUT2D eigenvalue weighted by atomic mass is 32.1. The van der Waals surface area contributed by atoms with Gasteiger partial charge in [-0.2, -0.15) is 0 Å². The lowest BCUT2D eigenvalue weighted by Gasteiger charge is -2.00. The first-order valence-corrected chi connectivity index (χ1v) is 5.35. The Labute approximate surface area is 91.1 Å². The molecule has 15 heavy (non-hydrogen) atoms. The second-order valence-electron chi connectivity index (χ2n) is 3.24. The number of aryl methyl sites for hydroxylation is 1. The van der Waals surface area contributed by atoms with E-state index in [0.717, 1.165) is 10.4 Å². The molecule has 2 aromatic rings. The Bertz CT molecular complexity index is 491. The van der Waals surface area contributed by atoms with Gasteiger partial charge in [-0.3, -0.25) is 10.1 Å². The van der Waals surface area contributed by atoms with E-state index in [9.17, 15) is 10.1 Å². The quantitative estimate of drug-likeness (QED) is 0.571. The van der Waals surface area contributed by atoms with Gasteiger partial charge in [0.15, 0.2) is 0 Å². The van der Waals surface area contributed by atoms with Gasteiger partial charge in [-0.15, -0.1) is 11.3 Å². The lowest BCUT2D eigenvalue weighted by atomic mass is 10.1. The van der Waals surface area contributed by atoms with Crippen molar-refractivity contribution in [1.29, 1.82) is 0 Å². The highest BCUT2D eigenvalue weighted by Gasteiger charge is 2.11. The summed E-state index contributed by atoms with van der Waals surface area (Å²) in [6.07, 6.45) is 0. The van der Waals surface area contributed by atoms with Crippen LogP contribution in [0.2, 0.25) is 0 Å². The summed E-state index contributed by atoms with van der Waals surface area (Å²) in [4.78, 5) is 11.5. The van der Waals surface area contributed by atoms with Gasteiger partial charge >= 0.3 is 0 Å². The van der Waals surface area contributed by atoms with Gasteiger partial charge in [-0.25, -0.2) is 0 Å². The predicted octanol–water partition coefficient (Wildman–Crippen LogP) is 3.63. The normalized spacial score (nSPS) is 10.2. The number of nitro groups is 1. The number of nitrogens with zero attached hydrogens (tertiary/aromatic N) is 1. The molecule has 76 valence electrons. The zero-order valence-electron chi connectivity index (χ0n) is 8.14. The molecule has 0 bridgehead atoms. The van der Waals surface area contributed by atoms with E-state index in [1.54, 1.807) is 30.4 Å². The molecule has 0 amide bonds. The van der Waals surface area contributed by atoms with Gasteiger partial charge < -0.3 is 0 Å². The van der Waals surface area contributed by atoms with Gasteiger partial charge in [0.1, 0.15) is 0 Å². The second kappa shape index (κ2) is 3.82. The number of hydrogen-bond donors (Lipinski definition) is 0. The van der Waals surface area contributed by atoms with Crippen molar-refractivity contribution in [3.8, 4) is 10.4 Å². The van der Waals surface area contributed by atoms with Crippen molar-refractivity contribution < 1.29 is 4.92 Å². The Balaban J connectivity index is 2.52. The third kappa shape index (κ3) is 1.89. The highest BCUT2D eigenvalue weighted by molar-refractivity contribution is 7.13. The molecule has 0 N–H and O–H groups in total. The molecule has 0 fully saturated rings. The summed E-state index contributed by atoms with van der Waals surface area (Å²) in [7, 11) is 0. The third-order valence-electron chi connectivity index (χ3n) is 2.21. The van der Waals surface area contributed by atoms with Gasteiger partial charge in [0.2, 0.25) is 0 Å². The maximum atomic E-state index is 10.8. The van der Waals surface area contributed by atoms with Gasteiger partial charge in [0.05, 0.1) is 4.92 Å². The summed E-state index contributed by atoms with van der Waals surface area (Å²) in [5.41, 5.74) is 1.78. The van der Waals surface area contributed by atoms with Crippen LogP contribution in [-0.4, -0.2) is 4.92 Å². The zero-order chi connectivity index (χ0) is 10.8. The summed E-state index contributed by atoms with van der Waals surface area (Å²) in [6.45, 7) is 1.75. The number of rotatable bonds is 2. The SMILES string of the molecule is Cc1ccc(-c2cccs2)cc1[N+](=O)[O-]. The molecule has 0 saturated carbocycles. The summed E-state index contributed by atoms with van der Waals surface area (Å²) in [5.74, 6) is 0. The smallest absolute Gasteiger partial charge is 0.258 e. The van der Waals surface area contributed by atoms with Gasteiger partial charge in [0, 0.05) is 16.5 Å². The van der Waals surface area contributed by atoms with Crippen LogP contribution in [0.25, 0.3) is 10.4 Å². The maximum Gasteiger partial charge on any atom is 0.272 e.